The van der Waals surface area contributed by atoms with Crippen molar-refractivity contribution in [3.63, 3.8) is 0 Å². The minimum atomic E-state index is -0.222. The van der Waals surface area contributed by atoms with Gasteiger partial charge in [0.05, 0.1) is 17.8 Å². The molecule has 4 rings (SSSR count). The minimum Gasteiger partial charge on any atom is -0.328 e. The maximum Gasteiger partial charge on any atom is 0.274 e. The molecule has 1 aromatic heterocycles. The molecule has 1 fully saturated rings. The standard InChI is InChI=1S/C20H20N6O.2ClH/c1-26-18-8-7-13(9-15(18)12-22-26)10-16-19(27)25-20(23-16)24-17(11-21)14-5-3-2-4-6-14;;/h2-10,12,17H,11,21H2,1H3,(H2,23,24,25,27);2*1H/b16-10-;;. The van der Waals surface area contributed by atoms with Gasteiger partial charge < -0.3 is 11.1 Å². The first-order valence-electron chi connectivity index (χ1n) is 8.68. The lowest BCUT2D eigenvalue weighted by atomic mass is 10.1. The molecule has 9 heteroatoms. The summed E-state index contributed by atoms with van der Waals surface area (Å²) >= 11 is 0. The van der Waals surface area contributed by atoms with Gasteiger partial charge in [-0.15, -0.1) is 24.8 Å². The summed E-state index contributed by atoms with van der Waals surface area (Å²) in [6.07, 6.45) is 3.60. The number of hydrogen-bond acceptors (Lipinski definition) is 4. The molecule has 1 saturated heterocycles. The van der Waals surface area contributed by atoms with Gasteiger partial charge in [-0.05, 0) is 29.3 Å². The van der Waals surface area contributed by atoms with E-state index in [4.69, 9.17) is 5.73 Å². The van der Waals surface area contributed by atoms with Gasteiger partial charge in [0.1, 0.15) is 5.70 Å². The van der Waals surface area contributed by atoms with Crippen molar-refractivity contribution in [2.24, 2.45) is 17.8 Å². The number of aromatic nitrogens is 2. The first-order chi connectivity index (χ1) is 13.1. The van der Waals surface area contributed by atoms with Crippen LogP contribution in [0.5, 0.6) is 0 Å². The van der Waals surface area contributed by atoms with Gasteiger partial charge >= 0.3 is 0 Å². The molecule has 2 heterocycles. The topological polar surface area (TPSA) is 97.3 Å². The van der Waals surface area contributed by atoms with Gasteiger partial charge in [0.15, 0.2) is 0 Å². The number of nitrogens with one attached hydrogen (secondary N) is 2. The third kappa shape index (κ3) is 4.76. The number of halogens is 2. The number of carbonyl (C=O) groups is 1. The number of benzene rings is 2. The van der Waals surface area contributed by atoms with Crippen molar-refractivity contribution in [3.05, 3.63) is 71.6 Å². The van der Waals surface area contributed by atoms with Gasteiger partial charge in [0, 0.05) is 19.0 Å². The highest BCUT2D eigenvalue weighted by Gasteiger charge is 2.23. The van der Waals surface area contributed by atoms with Crippen molar-refractivity contribution in [1.82, 2.24) is 20.4 Å². The number of fused-ring (bicyclic) bond motifs is 1. The Balaban J connectivity index is 0.00000150. The lowest BCUT2D eigenvalue weighted by Gasteiger charge is -2.11. The van der Waals surface area contributed by atoms with E-state index in [1.54, 1.807) is 12.3 Å². The van der Waals surface area contributed by atoms with E-state index in [9.17, 15) is 4.79 Å². The Morgan fingerprint density at radius 2 is 1.93 bits per heavy atom. The summed E-state index contributed by atoms with van der Waals surface area (Å²) in [7, 11) is 1.90. The van der Waals surface area contributed by atoms with Crippen LogP contribution in [0.2, 0.25) is 0 Å². The predicted octanol–water partition coefficient (Wildman–Crippen LogP) is 2.53. The summed E-state index contributed by atoms with van der Waals surface area (Å²) < 4.78 is 1.81. The van der Waals surface area contributed by atoms with E-state index in [1.165, 1.54) is 0 Å². The zero-order valence-corrected chi connectivity index (χ0v) is 17.3. The van der Waals surface area contributed by atoms with Crippen LogP contribution in [0.3, 0.4) is 0 Å². The molecular formula is C20H22Cl2N6O. The van der Waals surface area contributed by atoms with Crippen LogP contribution in [-0.2, 0) is 11.8 Å². The van der Waals surface area contributed by atoms with E-state index in [2.05, 4.69) is 20.7 Å². The van der Waals surface area contributed by atoms with Crippen LogP contribution in [0.15, 0.2) is 65.4 Å². The van der Waals surface area contributed by atoms with Gasteiger partial charge in [-0.1, -0.05) is 36.4 Å². The number of carbonyl (C=O) groups excluding carboxylic acids is 1. The van der Waals surface area contributed by atoms with Crippen LogP contribution in [0.1, 0.15) is 17.2 Å². The Hall–Kier alpha value is -2.87. The molecule has 152 valence electrons. The van der Waals surface area contributed by atoms with Crippen molar-refractivity contribution < 1.29 is 4.79 Å². The van der Waals surface area contributed by atoms with Crippen molar-refractivity contribution in [2.75, 3.05) is 6.54 Å². The van der Waals surface area contributed by atoms with Crippen LogP contribution in [0.4, 0.5) is 0 Å². The molecule has 0 saturated carbocycles. The molecule has 0 radical (unpaired) electrons. The maximum atomic E-state index is 12.3. The first kappa shape index (κ1) is 22.4. The van der Waals surface area contributed by atoms with E-state index in [0.717, 1.165) is 22.0 Å². The maximum absolute atomic E-state index is 12.3. The molecule has 7 nitrogen and oxygen atoms in total. The summed E-state index contributed by atoms with van der Waals surface area (Å²) in [6.45, 7) is 0.349. The van der Waals surface area contributed by atoms with E-state index in [-0.39, 0.29) is 36.8 Å². The summed E-state index contributed by atoms with van der Waals surface area (Å²) in [5.74, 6) is 0.192. The third-order valence-electron chi connectivity index (χ3n) is 4.50. The van der Waals surface area contributed by atoms with Gasteiger partial charge in [-0.3, -0.25) is 14.8 Å². The number of aliphatic imine (C=N–C) groups is 1. The fourth-order valence-electron chi connectivity index (χ4n) is 3.09. The lowest BCUT2D eigenvalue weighted by molar-refractivity contribution is -0.115. The number of aryl methyl sites for hydroxylation is 1. The second-order valence-corrected chi connectivity index (χ2v) is 6.36. The van der Waals surface area contributed by atoms with Gasteiger partial charge in [-0.2, -0.15) is 5.10 Å². The van der Waals surface area contributed by atoms with E-state index < -0.39 is 0 Å². The molecule has 0 aliphatic carbocycles. The van der Waals surface area contributed by atoms with Crippen molar-refractivity contribution in [3.8, 4) is 0 Å². The molecular weight excluding hydrogens is 411 g/mol. The lowest BCUT2D eigenvalue weighted by Crippen LogP contribution is -2.27. The van der Waals surface area contributed by atoms with Crippen LogP contribution in [0.25, 0.3) is 17.0 Å². The fraction of sp³-hybridized carbons (Fsp3) is 0.150. The van der Waals surface area contributed by atoms with Gasteiger partial charge in [-0.25, -0.2) is 4.99 Å². The summed E-state index contributed by atoms with van der Waals surface area (Å²) in [5, 5.41) is 11.1. The molecule has 1 atom stereocenters. The average molecular weight is 433 g/mol. The number of guanidine groups is 1. The fourth-order valence-corrected chi connectivity index (χ4v) is 3.09. The zero-order valence-electron chi connectivity index (χ0n) is 15.7. The second kappa shape index (κ2) is 9.56. The molecule has 29 heavy (non-hydrogen) atoms. The Labute approximate surface area is 180 Å². The molecule has 2 aromatic carbocycles. The molecule has 1 unspecified atom stereocenters. The minimum absolute atomic E-state index is 0. The van der Waals surface area contributed by atoms with Crippen molar-refractivity contribution >= 4 is 53.7 Å². The third-order valence-corrected chi connectivity index (χ3v) is 4.50. The highest BCUT2D eigenvalue weighted by molar-refractivity contribution is 6.15. The van der Waals surface area contributed by atoms with Crippen molar-refractivity contribution in [2.45, 2.75) is 6.04 Å². The summed E-state index contributed by atoms with van der Waals surface area (Å²) in [4.78, 5) is 16.8. The zero-order chi connectivity index (χ0) is 18.8. The highest BCUT2D eigenvalue weighted by atomic mass is 35.5. The number of nitrogens with two attached hydrogens (primary N) is 1. The highest BCUT2D eigenvalue weighted by Crippen LogP contribution is 2.19. The summed E-state index contributed by atoms with van der Waals surface area (Å²) in [5.41, 5.74) is 9.26. The Morgan fingerprint density at radius 3 is 2.66 bits per heavy atom. The smallest absolute Gasteiger partial charge is 0.274 e. The largest absolute Gasteiger partial charge is 0.328 e. The molecule has 0 bridgehead atoms. The van der Waals surface area contributed by atoms with E-state index in [0.29, 0.717) is 18.2 Å². The number of rotatable bonds is 4. The van der Waals surface area contributed by atoms with E-state index in [1.807, 2.05) is 60.3 Å². The number of hydrogen-bond donors (Lipinski definition) is 3. The summed E-state index contributed by atoms with van der Waals surface area (Å²) in [6, 6.07) is 15.5. The van der Waals surface area contributed by atoms with Crippen LogP contribution in [0, 0.1) is 0 Å². The number of nitrogens with zero attached hydrogens (tertiary/aromatic N) is 3. The molecule has 4 N–H and O–H groups in total. The van der Waals surface area contributed by atoms with Crippen LogP contribution < -0.4 is 16.4 Å². The molecule has 0 spiro atoms. The quantitative estimate of drug-likeness (QED) is 0.551. The molecule has 1 amide bonds. The molecule has 1 aliphatic rings. The second-order valence-electron chi connectivity index (χ2n) is 6.36. The van der Waals surface area contributed by atoms with Crippen molar-refractivity contribution in [1.29, 1.82) is 0 Å². The average Bonchev–Trinajstić information content (AvgIpc) is 3.23. The normalized spacial score (nSPS) is 16.8. The van der Waals surface area contributed by atoms with Crippen LogP contribution in [-0.4, -0.2) is 28.2 Å². The first-order valence-corrected chi connectivity index (χ1v) is 8.68. The Kier molecular flexibility index (Phi) is 7.39. The van der Waals surface area contributed by atoms with Gasteiger partial charge in [0.25, 0.3) is 5.91 Å². The molecule has 1 aliphatic heterocycles. The predicted molar refractivity (Wildman–Crippen MR) is 120 cm³/mol. The Morgan fingerprint density at radius 1 is 1.17 bits per heavy atom. The monoisotopic (exact) mass is 432 g/mol. The Bertz CT molecular complexity index is 1060. The SMILES string of the molecule is Cl.Cl.Cn1ncc2cc(/C=C3\NC(=NC(CN)c4ccccc4)NC3=O)ccc21. The van der Waals surface area contributed by atoms with E-state index >= 15 is 0 Å². The van der Waals surface area contributed by atoms with Crippen LogP contribution >= 0.6 is 24.8 Å². The molecule has 3 aromatic rings. The van der Waals surface area contributed by atoms with Gasteiger partial charge in [0.2, 0.25) is 5.96 Å². The number of amides is 1.